The lowest BCUT2D eigenvalue weighted by Crippen LogP contribution is -2.51. The van der Waals surface area contributed by atoms with Gasteiger partial charge in [0.2, 0.25) is 11.7 Å². The first-order valence-corrected chi connectivity index (χ1v) is 7.88. The van der Waals surface area contributed by atoms with Gasteiger partial charge in [-0.25, -0.2) is 0 Å². The number of pyridine rings is 1. The van der Waals surface area contributed by atoms with Gasteiger partial charge in [-0.15, -0.1) is 0 Å². The van der Waals surface area contributed by atoms with E-state index in [-0.39, 0.29) is 0 Å². The van der Waals surface area contributed by atoms with Crippen LogP contribution in [0.25, 0.3) is 11.4 Å². The van der Waals surface area contributed by atoms with Crippen molar-refractivity contribution < 1.29 is 4.52 Å². The van der Waals surface area contributed by atoms with Gasteiger partial charge in [0, 0.05) is 37.1 Å². The van der Waals surface area contributed by atoms with Gasteiger partial charge in [-0.2, -0.15) is 4.98 Å². The minimum absolute atomic E-state index is 0.412. The summed E-state index contributed by atoms with van der Waals surface area (Å²) in [6, 6.07) is 4.60. The van der Waals surface area contributed by atoms with Crippen molar-refractivity contribution in [2.75, 3.05) is 13.1 Å². The largest absolute Gasteiger partial charge is 0.339 e. The van der Waals surface area contributed by atoms with E-state index in [4.69, 9.17) is 4.52 Å². The van der Waals surface area contributed by atoms with E-state index in [1.54, 1.807) is 12.4 Å². The zero-order valence-corrected chi connectivity index (χ0v) is 12.1. The van der Waals surface area contributed by atoms with Gasteiger partial charge in [0.05, 0.1) is 5.92 Å². The van der Waals surface area contributed by atoms with Crippen LogP contribution in [0.2, 0.25) is 0 Å². The third-order valence-corrected chi connectivity index (χ3v) is 4.73. The molecule has 0 amide bonds. The molecule has 2 fully saturated rings. The maximum atomic E-state index is 5.45. The van der Waals surface area contributed by atoms with Crippen molar-refractivity contribution in [1.82, 2.24) is 20.0 Å². The normalized spacial score (nSPS) is 21.3. The molecule has 110 valence electrons. The lowest BCUT2D eigenvalue weighted by molar-refractivity contribution is 0.0563. The lowest BCUT2D eigenvalue weighted by atomic mass is 9.89. The first kappa shape index (κ1) is 13.0. The third kappa shape index (κ3) is 2.58. The van der Waals surface area contributed by atoms with E-state index < -0.39 is 0 Å². The number of hydrogen-bond donors (Lipinski definition) is 0. The maximum Gasteiger partial charge on any atom is 0.232 e. The second kappa shape index (κ2) is 5.56. The van der Waals surface area contributed by atoms with Crippen LogP contribution in [0.3, 0.4) is 0 Å². The molecular formula is C16H20N4O. The zero-order chi connectivity index (χ0) is 14.1. The molecule has 1 saturated heterocycles. The number of likely N-dealkylation sites (tertiary alicyclic amines) is 1. The Labute approximate surface area is 124 Å². The molecule has 2 aromatic rings. The molecule has 2 aliphatic rings. The average Bonchev–Trinajstić information content (AvgIpc) is 2.97. The molecule has 21 heavy (non-hydrogen) atoms. The van der Waals surface area contributed by atoms with Gasteiger partial charge in [-0.05, 0) is 25.0 Å². The van der Waals surface area contributed by atoms with Crippen molar-refractivity contribution >= 4 is 0 Å². The summed E-state index contributed by atoms with van der Waals surface area (Å²) in [5.74, 6) is 1.87. The molecular weight excluding hydrogens is 264 g/mol. The van der Waals surface area contributed by atoms with Crippen molar-refractivity contribution in [3.05, 3.63) is 30.4 Å². The van der Waals surface area contributed by atoms with Crippen LogP contribution in [0.15, 0.2) is 29.0 Å². The predicted molar refractivity (Wildman–Crippen MR) is 78.7 cm³/mol. The standard InChI is InChI=1S/C16H20N4O/c1-2-4-14(5-3-1)20-10-13(11-20)16-18-15(19-21-16)12-6-8-17-9-7-12/h6-9,13-14H,1-5,10-11H2. The Bertz CT molecular complexity index is 585. The van der Waals surface area contributed by atoms with Gasteiger partial charge in [0.15, 0.2) is 0 Å². The van der Waals surface area contributed by atoms with Crippen LogP contribution in [0, 0.1) is 0 Å². The molecule has 2 aromatic heterocycles. The van der Waals surface area contributed by atoms with Gasteiger partial charge in [-0.3, -0.25) is 9.88 Å². The molecule has 0 bridgehead atoms. The molecule has 5 heteroatoms. The SMILES string of the molecule is c1cc(-c2noc(C3CN(C4CCCCC4)C3)n2)ccn1. The number of nitrogens with zero attached hydrogens (tertiary/aromatic N) is 4. The van der Waals surface area contributed by atoms with Gasteiger partial charge < -0.3 is 4.52 Å². The molecule has 4 rings (SSSR count). The van der Waals surface area contributed by atoms with E-state index in [9.17, 15) is 0 Å². The fourth-order valence-electron chi connectivity index (χ4n) is 3.43. The highest BCUT2D eigenvalue weighted by Gasteiger charge is 2.36. The molecule has 1 aliphatic carbocycles. The monoisotopic (exact) mass is 284 g/mol. The van der Waals surface area contributed by atoms with Crippen LogP contribution in [-0.2, 0) is 0 Å². The van der Waals surface area contributed by atoms with Gasteiger partial charge in [0.1, 0.15) is 0 Å². The molecule has 1 saturated carbocycles. The van der Waals surface area contributed by atoms with Gasteiger partial charge >= 0.3 is 0 Å². The number of hydrogen-bond acceptors (Lipinski definition) is 5. The van der Waals surface area contributed by atoms with Gasteiger partial charge in [-0.1, -0.05) is 24.4 Å². The van der Waals surface area contributed by atoms with Crippen molar-refractivity contribution in [2.45, 2.75) is 44.1 Å². The highest BCUT2D eigenvalue weighted by molar-refractivity contribution is 5.52. The third-order valence-electron chi connectivity index (χ3n) is 4.73. The Balaban J connectivity index is 1.39. The second-order valence-corrected chi connectivity index (χ2v) is 6.13. The number of rotatable bonds is 3. The molecule has 3 heterocycles. The van der Waals surface area contributed by atoms with E-state index in [1.807, 2.05) is 12.1 Å². The fraction of sp³-hybridized carbons (Fsp3) is 0.562. The minimum Gasteiger partial charge on any atom is -0.339 e. The molecule has 5 nitrogen and oxygen atoms in total. The second-order valence-electron chi connectivity index (χ2n) is 6.13. The van der Waals surface area contributed by atoms with Crippen LogP contribution >= 0.6 is 0 Å². The van der Waals surface area contributed by atoms with E-state index in [0.29, 0.717) is 11.7 Å². The summed E-state index contributed by atoms with van der Waals surface area (Å²) in [6.07, 6.45) is 10.4. The topological polar surface area (TPSA) is 55.1 Å². The molecule has 1 aliphatic heterocycles. The predicted octanol–water partition coefficient (Wildman–Crippen LogP) is 2.86. The molecule has 0 unspecified atom stereocenters. The highest BCUT2D eigenvalue weighted by atomic mass is 16.5. The smallest absolute Gasteiger partial charge is 0.232 e. The van der Waals surface area contributed by atoms with Crippen molar-refractivity contribution in [2.24, 2.45) is 0 Å². The Morgan fingerprint density at radius 3 is 2.57 bits per heavy atom. The van der Waals surface area contributed by atoms with Crippen LogP contribution in [0.1, 0.15) is 43.9 Å². The molecule has 0 spiro atoms. The molecule has 0 N–H and O–H groups in total. The molecule has 0 atom stereocenters. The fourth-order valence-corrected chi connectivity index (χ4v) is 3.43. The van der Waals surface area contributed by atoms with Crippen molar-refractivity contribution in [3.8, 4) is 11.4 Å². The zero-order valence-electron chi connectivity index (χ0n) is 12.1. The summed E-state index contributed by atoms with van der Waals surface area (Å²) in [6.45, 7) is 2.14. The van der Waals surface area contributed by atoms with Crippen molar-refractivity contribution in [1.29, 1.82) is 0 Å². The summed E-state index contributed by atoms with van der Waals surface area (Å²) >= 11 is 0. The Kier molecular flexibility index (Phi) is 3.43. The Morgan fingerprint density at radius 2 is 1.81 bits per heavy atom. The summed E-state index contributed by atoms with van der Waals surface area (Å²) in [7, 11) is 0. The average molecular weight is 284 g/mol. The van der Waals surface area contributed by atoms with Gasteiger partial charge in [0.25, 0.3) is 0 Å². The lowest BCUT2D eigenvalue weighted by Gasteiger charge is -2.44. The van der Waals surface area contributed by atoms with Crippen molar-refractivity contribution in [3.63, 3.8) is 0 Å². The van der Waals surface area contributed by atoms with Crippen LogP contribution in [0.4, 0.5) is 0 Å². The minimum atomic E-state index is 0.412. The van der Waals surface area contributed by atoms with E-state index >= 15 is 0 Å². The first-order valence-electron chi connectivity index (χ1n) is 7.88. The Morgan fingerprint density at radius 1 is 1.05 bits per heavy atom. The van der Waals surface area contributed by atoms with Crippen LogP contribution in [-0.4, -0.2) is 39.2 Å². The molecule has 0 aromatic carbocycles. The molecule has 0 radical (unpaired) electrons. The summed E-state index contributed by atoms with van der Waals surface area (Å²) < 4.78 is 5.45. The van der Waals surface area contributed by atoms with E-state index in [2.05, 4.69) is 20.0 Å². The quantitative estimate of drug-likeness (QED) is 0.867. The van der Waals surface area contributed by atoms with Crippen LogP contribution in [0.5, 0.6) is 0 Å². The summed E-state index contributed by atoms with van der Waals surface area (Å²) in [4.78, 5) is 11.1. The number of aromatic nitrogens is 3. The maximum absolute atomic E-state index is 5.45. The van der Waals surface area contributed by atoms with E-state index in [0.717, 1.165) is 30.6 Å². The summed E-state index contributed by atoms with van der Waals surface area (Å²) in [5, 5.41) is 4.09. The Hall–Kier alpha value is -1.75. The first-order chi connectivity index (χ1) is 10.4. The van der Waals surface area contributed by atoms with Crippen LogP contribution < -0.4 is 0 Å². The van der Waals surface area contributed by atoms with E-state index in [1.165, 1.54) is 32.1 Å². The summed E-state index contributed by atoms with van der Waals surface area (Å²) in [5.41, 5.74) is 0.962. The highest BCUT2D eigenvalue weighted by Crippen LogP contribution is 2.33.